The Morgan fingerprint density at radius 2 is 2.03 bits per heavy atom. The molecule has 2 aromatic heterocycles. The number of piperidine rings is 1. The molecule has 2 N–H and O–H groups in total. The van der Waals surface area contributed by atoms with E-state index in [9.17, 15) is 0 Å². The summed E-state index contributed by atoms with van der Waals surface area (Å²) >= 11 is 0. The van der Waals surface area contributed by atoms with Crippen LogP contribution in [0.4, 0.5) is 17.3 Å². The maximum absolute atomic E-state index is 8.84. The number of hydrogen-bond donors (Lipinski definition) is 2. The number of nitrogens with one attached hydrogen (secondary N) is 2. The summed E-state index contributed by atoms with van der Waals surface area (Å²) < 4.78 is 5.71. The van der Waals surface area contributed by atoms with E-state index in [1.165, 1.54) is 38.3 Å². The van der Waals surface area contributed by atoms with Gasteiger partial charge in [-0.05, 0) is 50.5 Å². The second kappa shape index (κ2) is 10.3. The van der Waals surface area contributed by atoms with Crippen molar-refractivity contribution in [2.75, 3.05) is 50.6 Å². The first-order chi connectivity index (χ1) is 16.1. The lowest BCUT2D eigenvalue weighted by molar-refractivity contribution is 0.195. The number of nitriles is 1. The number of ether oxygens (including phenoxy) is 1. The fraction of sp³-hybridized carbons (Fsp3) is 0.417. The molecule has 0 saturated carbocycles. The van der Waals surface area contributed by atoms with Gasteiger partial charge in [-0.15, -0.1) is 0 Å². The highest BCUT2D eigenvalue weighted by atomic mass is 16.5. The predicted molar refractivity (Wildman–Crippen MR) is 129 cm³/mol. The van der Waals surface area contributed by atoms with Crippen LogP contribution in [0.1, 0.15) is 25.5 Å². The van der Waals surface area contributed by atoms with Crippen LogP contribution in [-0.4, -0.2) is 65.4 Å². The molecule has 1 aliphatic heterocycles. The number of H-pyrrole nitrogens is 1. The fourth-order valence-corrected chi connectivity index (χ4v) is 4.22. The Morgan fingerprint density at radius 1 is 1.21 bits per heavy atom. The van der Waals surface area contributed by atoms with Crippen LogP contribution in [0.15, 0.2) is 36.7 Å². The molecule has 1 saturated heterocycles. The predicted octanol–water partition coefficient (Wildman–Crippen LogP) is 3.66. The van der Waals surface area contributed by atoms with Crippen molar-refractivity contribution < 1.29 is 4.74 Å². The number of methoxy groups -OCH3 is 1. The van der Waals surface area contributed by atoms with Gasteiger partial charge in [0.25, 0.3) is 0 Å². The Morgan fingerprint density at radius 3 is 2.70 bits per heavy atom. The van der Waals surface area contributed by atoms with Gasteiger partial charge >= 0.3 is 0 Å². The van der Waals surface area contributed by atoms with Crippen LogP contribution in [0.25, 0.3) is 11.3 Å². The van der Waals surface area contributed by atoms with Gasteiger partial charge in [0.2, 0.25) is 0 Å². The lowest BCUT2D eigenvalue weighted by Gasteiger charge is -2.34. The van der Waals surface area contributed by atoms with Gasteiger partial charge in [-0.3, -0.25) is 5.10 Å². The van der Waals surface area contributed by atoms with Crippen molar-refractivity contribution in [2.45, 2.75) is 19.8 Å². The first-order valence-electron chi connectivity index (χ1n) is 11.3. The van der Waals surface area contributed by atoms with Crippen molar-refractivity contribution in [3.8, 4) is 23.1 Å². The van der Waals surface area contributed by atoms with Gasteiger partial charge in [0.1, 0.15) is 17.6 Å². The molecule has 172 valence electrons. The van der Waals surface area contributed by atoms with Gasteiger partial charge < -0.3 is 19.9 Å². The van der Waals surface area contributed by atoms with Crippen molar-refractivity contribution in [1.29, 1.82) is 5.26 Å². The number of hydrogen-bond acceptors (Lipinski definition) is 8. The fourth-order valence-electron chi connectivity index (χ4n) is 4.22. The molecule has 9 nitrogen and oxygen atoms in total. The van der Waals surface area contributed by atoms with Crippen LogP contribution < -0.4 is 15.0 Å². The number of aromatic nitrogens is 4. The summed E-state index contributed by atoms with van der Waals surface area (Å²) in [5.74, 6) is 2.62. The second-order valence-corrected chi connectivity index (χ2v) is 8.33. The molecular weight excluding hydrogens is 416 g/mol. The Bertz CT molecular complexity index is 1100. The minimum atomic E-state index is 0.268. The van der Waals surface area contributed by atoms with Gasteiger partial charge in [0.05, 0.1) is 25.2 Å². The van der Waals surface area contributed by atoms with Crippen LogP contribution >= 0.6 is 0 Å². The molecule has 0 amide bonds. The average Bonchev–Trinajstić information content (AvgIpc) is 3.32. The topological polar surface area (TPSA) is 106 Å². The molecule has 0 unspecified atom stereocenters. The van der Waals surface area contributed by atoms with E-state index in [0.29, 0.717) is 11.6 Å². The zero-order valence-corrected chi connectivity index (χ0v) is 19.4. The monoisotopic (exact) mass is 446 g/mol. The molecule has 3 aromatic rings. The molecule has 33 heavy (non-hydrogen) atoms. The van der Waals surface area contributed by atoms with Gasteiger partial charge in [-0.2, -0.15) is 10.4 Å². The minimum absolute atomic E-state index is 0.268. The van der Waals surface area contributed by atoms with Crippen molar-refractivity contribution in [2.24, 2.45) is 5.92 Å². The zero-order chi connectivity index (χ0) is 23.2. The summed E-state index contributed by atoms with van der Waals surface area (Å²) in [4.78, 5) is 13.0. The first kappa shape index (κ1) is 22.6. The number of rotatable bonds is 8. The third-order valence-electron chi connectivity index (χ3n) is 6.20. The zero-order valence-electron chi connectivity index (χ0n) is 19.4. The van der Waals surface area contributed by atoms with Gasteiger partial charge in [0.15, 0.2) is 11.5 Å². The van der Waals surface area contributed by atoms with E-state index < -0.39 is 0 Å². The molecule has 0 radical (unpaired) electrons. The molecule has 4 rings (SSSR count). The molecule has 0 atom stereocenters. The minimum Gasteiger partial charge on any atom is -0.496 e. The number of aromatic amines is 1. The third-order valence-corrected chi connectivity index (χ3v) is 6.20. The normalized spacial score (nSPS) is 14.6. The molecule has 0 spiro atoms. The highest BCUT2D eigenvalue weighted by Crippen LogP contribution is 2.34. The molecule has 1 fully saturated rings. The number of benzene rings is 1. The van der Waals surface area contributed by atoms with Crippen LogP contribution in [0.2, 0.25) is 0 Å². The van der Waals surface area contributed by atoms with Gasteiger partial charge in [-0.1, -0.05) is 6.92 Å². The van der Waals surface area contributed by atoms with Gasteiger partial charge in [0, 0.05) is 37.0 Å². The Balaban J connectivity index is 1.44. The Kier molecular flexibility index (Phi) is 7.05. The summed E-state index contributed by atoms with van der Waals surface area (Å²) in [5, 5.41) is 19.3. The summed E-state index contributed by atoms with van der Waals surface area (Å²) in [7, 11) is 3.84. The van der Waals surface area contributed by atoms with E-state index in [-0.39, 0.29) is 5.69 Å². The SMILES string of the molecule is CCN1CCC(CN(C)c2ccc(-c3cc(Nc4cnc(C#N)cn4)n[nH]3)c(OC)c2)CC1. The Hall–Kier alpha value is -3.64. The van der Waals surface area contributed by atoms with E-state index in [2.05, 4.69) is 67.5 Å². The van der Waals surface area contributed by atoms with E-state index in [1.807, 2.05) is 12.1 Å². The molecule has 0 bridgehead atoms. The van der Waals surface area contributed by atoms with E-state index in [1.54, 1.807) is 7.11 Å². The number of nitrogens with zero attached hydrogens (tertiary/aromatic N) is 6. The number of likely N-dealkylation sites (tertiary alicyclic amines) is 1. The molecule has 1 aromatic carbocycles. The maximum Gasteiger partial charge on any atom is 0.158 e. The molecule has 0 aliphatic carbocycles. The lowest BCUT2D eigenvalue weighted by Crippen LogP contribution is -2.37. The molecule has 3 heterocycles. The van der Waals surface area contributed by atoms with Crippen molar-refractivity contribution in [3.63, 3.8) is 0 Å². The summed E-state index contributed by atoms with van der Waals surface area (Å²) in [6.45, 7) is 6.82. The quantitative estimate of drug-likeness (QED) is 0.540. The van der Waals surface area contributed by atoms with E-state index >= 15 is 0 Å². The Labute approximate surface area is 194 Å². The molecule has 1 aliphatic rings. The summed E-state index contributed by atoms with van der Waals surface area (Å²) in [6.07, 6.45) is 5.42. The van der Waals surface area contributed by atoms with Crippen molar-refractivity contribution in [1.82, 2.24) is 25.1 Å². The molecule has 9 heteroatoms. The third kappa shape index (κ3) is 5.41. The lowest BCUT2D eigenvalue weighted by atomic mass is 9.96. The van der Waals surface area contributed by atoms with Crippen molar-refractivity contribution in [3.05, 3.63) is 42.4 Å². The maximum atomic E-state index is 8.84. The van der Waals surface area contributed by atoms with Crippen LogP contribution in [0.5, 0.6) is 5.75 Å². The van der Waals surface area contributed by atoms with Crippen molar-refractivity contribution >= 4 is 17.3 Å². The summed E-state index contributed by atoms with van der Waals surface area (Å²) in [6, 6.07) is 10.1. The highest BCUT2D eigenvalue weighted by Gasteiger charge is 2.20. The first-order valence-corrected chi connectivity index (χ1v) is 11.3. The molecular formula is C24H30N8O. The second-order valence-electron chi connectivity index (χ2n) is 8.33. The average molecular weight is 447 g/mol. The van der Waals surface area contributed by atoms with Gasteiger partial charge in [-0.25, -0.2) is 9.97 Å². The van der Waals surface area contributed by atoms with Crippen LogP contribution in [0.3, 0.4) is 0 Å². The van der Waals surface area contributed by atoms with E-state index in [0.717, 1.165) is 41.7 Å². The highest BCUT2D eigenvalue weighted by molar-refractivity contribution is 5.73. The number of anilines is 3. The smallest absolute Gasteiger partial charge is 0.158 e. The van der Waals surface area contributed by atoms with E-state index in [4.69, 9.17) is 10.00 Å². The largest absolute Gasteiger partial charge is 0.496 e. The summed E-state index contributed by atoms with van der Waals surface area (Å²) in [5.41, 5.74) is 3.16. The van der Waals surface area contributed by atoms with Crippen LogP contribution in [0, 0.1) is 17.2 Å². The van der Waals surface area contributed by atoms with Crippen LogP contribution in [-0.2, 0) is 0 Å². The standard InChI is InChI=1S/C24H30N8O/c1-4-32-9-7-17(8-10-32)16-31(2)19-5-6-20(22(11-19)33-3)21-12-23(30-29-21)28-24-15-26-18(13-25)14-27-24/h5-6,11-12,14-15,17H,4,7-10,16H2,1-3H3,(H2,27,28,29,30).